The molecule has 7 nitrogen and oxygen atoms in total. The van der Waals surface area contributed by atoms with Crippen molar-refractivity contribution in [2.45, 2.75) is 89.8 Å². The van der Waals surface area contributed by atoms with Crippen molar-refractivity contribution in [1.29, 1.82) is 0 Å². The summed E-state index contributed by atoms with van der Waals surface area (Å²) in [5.74, 6) is -0.915. The minimum atomic E-state index is -0.965. The number of carboxylic acids is 1. The van der Waals surface area contributed by atoms with Gasteiger partial charge in [-0.05, 0) is 45.4 Å². The van der Waals surface area contributed by atoms with Gasteiger partial charge >= 0.3 is 11.9 Å². The zero-order chi connectivity index (χ0) is 19.8. The van der Waals surface area contributed by atoms with Gasteiger partial charge in [-0.25, -0.2) is 4.79 Å². The maximum absolute atomic E-state index is 12.7. The molecule has 2 rings (SSSR count). The van der Waals surface area contributed by atoms with Gasteiger partial charge < -0.3 is 14.7 Å². The third-order valence-corrected chi connectivity index (χ3v) is 5.80. The molecule has 1 aliphatic heterocycles. The second-order valence-electron chi connectivity index (χ2n) is 7.80. The standard InChI is InChI=1S/C20H34N2O5/c1-3-27-20(26)16(12-11-15-8-5-4-6-9-15)21-14(2)18(23)22-13-7-10-17(22)19(24)25/h14-17,21H,3-13H2,1-2H3,(H,24,25)/t14-,16+,17?/m1/s1. The quantitative estimate of drug-likeness (QED) is 0.594. The summed E-state index contributed by atoms with van der Waals surface area (Å²) in [6.45, 7) is 4.22. The van der Waals surface area contributed by atoms with Crippen LogP contribution in [0.15, 0.2) is 0 Å². The normalized spacial score (nSPS) is 23.0. The number of amides is 1. The lowest BCUT2D eigenvalue weighted by Crippen LogP contribution is -2.53. The van der Waals surface area contributed by atoms with Crippen molar-refractivity contribution in [1.82, 2.24) is 10.2 Å². The largest absolute Gasteiger partial charge is 0.480 e. The molecule has 0 aromatic carbocycles. The third-order valence-electron chi connectivity index (χ3n) is 5.80. The van der Waals surface area contributed by atoms with Crippen LogP contribution in [0.3, 0.4) is 0 Å². The van der Waals surface area contributed by atoms with Gasteiger partial charge in [0, 0.05) is 6.54 Å². The van der Waals surface area contributed by atoms with E-state index in [1.807, 2.05) is 0 Å². The first-order chi connectivity index (χ1) is 12.9. The molecule has 0 bridgehead atoms. The number of hydrogen-bond donors (Lipinski definition) is 2. The first kappa shape index (κ1) is 21.7. The number of likely N-dealkylation sites (tertiary alicyclic amines) is 1. The summed E-state index contributed by atoms with van der Waals surface area (Å²) in [4.78, 5) is 37.9. The topological polar surface area (TPSA) is 95.9 Å². The van der Waals surface area contributed by atoms with Crippen molar-refractivity contribution in [3.63, 3.8) is 0 Å². The van der Waals surface area contributed by atoms with E-state index >= 15 is 0 Å². The molecule has 1 heterocycles. The Hall–Kier alpha value is -1.63. The van der Waals surface area contributed by atoms with E-state index in [2.05, 4.69) is 5.32 Å². The van der Waals surface area contributed by atoms with E-state index in [0.717, 1.165) is 6.42 Å². The highest BCUT2D eigenvalue weighted by Gasteiger charge is 2.37. The van der Waals surface area contributed by atoms with Gasteiger partial charge in [0.25, 0.3) is 0 Å². The minimum absolute atomic E-state index is 0.258. The highest BCUT2D eigenvalue weighted by Crippen LogP contribution is 2.28. The number of hydrogen-bond acceptors (Lipinski definition) is 5. The fraction of sp³-hybridized carbons (Fsp3) is 0.850. The minimum Gasteiger partial charge on any atom is -0.480 e. The molecule has 0 radical (unpaired) electrons. The molecule has 0 spiro atoms. The van der Waals surface area contributed by atoms with Crippen LogP contribution in [0, 0.1) is 5.92 Å². The Labute approximate surface area is 161 Å². The Kier molecular flexibility index (Phi) is 8.54. The molecule has 1 unspecified atom stereocenters. The van der Waals surface area contributed by atoms with Crippen LogP contribution in [0.1, 0.15) is 71.6 Å². The maximum Gasteiger partial charge on any atom is 0.326 e. The predicted molar refractivity (Wildman–Crippen MR) is 101 cm³/mol. The summed E-state index contributed by atoms with van der Waals surface area (Å²) in [7, 11) is 0. The smallest absolute Gasteiger partial charge is 0.326 e. The maximum atomic E-state index is 12.7. The number of ether oxygens (including phenoxy) is 1. The molecular formula is C20H34N2O5. The van der Waals surface area contributed by atoms with Crippen molar-refractivity contribution in [2.75, 3.05) is 13.2 Å². The Morgan fingerprint density at radius 2 is 1.85 bits per heavy atom. The summed E-state index contributed by atoms with van der Waals surface area (Å²) in [6.07, 6.45) is 8.97. The van der Waals surface area contributed by atoms with Gasteiger partial charge in [-0.1, -0.05) is 32.1 Å². The lowest BCUT2D eigenvalue weighted by Gasteiger charge is -2.29. The van der Waals surface area contributed by atoms with Crippen molar-refractivity contribution >= 4 is 17.8 Å². The molecule has 27 heavy (non-hydrogen) atoms. The summed E-state index contributed by atoms with van der Waals surface area (Å²) in [5.41, 5.74) is 0. The van der Waals surface area contributed by atoms with Crippen molar-refractivity contribution in [3.05, 3.63) is 0 Å². The first-order valence-electron chi connectivity index (χ1n) is 10.4. The van der Waals surface area contributed by atoms with Crippen molar-refractivity contribution < 1.29 is 24.2 Å². The fourth-order valence-electron chi connectivity index (χ4n) is 4.30. The lowest BCUT2D eigenvalue weighted by atomic mass is 9.85. The molecule has 1 saturated carbocycles. The van der Waals surface area contributed by atoms with Crippen LogP contribution in [0.2, 0.25) is 0 Å². The lowest BCUT2D eigenvalue weighted by molar-refractivity contribution is -0.150. The van der Waals surface area contributed by atoms with Gasteiger partial charge in [0.2, 0.25) is 5.91 Å². The average molecular weight is 383 g/mol. The number of rotatable bonds is 9. The number of esters is 1. The molecule has 7 heteroatoms. The van der Waals surface area contributed by atoms with Crippen LogP contribution in [0.5, 0.6) is 0 Å². The Bertz CT molecular complexity index is 519. The number of nitrogens with zero attached hydrogens (tertiary/aromatic N) is 1. The van der Waals surface area contributed by atoms with E-state index in [4.69, 9.17) is 4.74 Å². The van der Waals surface area contributed by atoms with Gasteiger partial charge in [0.15, 0.2) is 0 Å². The molecule has 2 aliphatic rings. The van der Waals surface area contributed by atoms with E-state index in [1.54, 1.807) is 13.8 Å². The van der Waals surface area contributed by atoms with E-state index in [9.17, 15) is 19.5 Å². The first-order valence-corrected chi connectivity index (χ1v) is 10.4. The van der Waals surface area contributed by atoms with Crippen LogP contribution in [0.4, 0.5) is 0 Å². The van der Waals surface area contributed by atoms with Crippen LogP contribution in [0.25, 0.3) is 0 Å². The van der Waals surface area contributed by atoms with Crippen LogP contribution >= 0.6 is 0 Å². The van der Waals surface area contributed by atoms with E-state index in [0.29, 0.717) is 38.3 Å². The molecule has 0 aromatic rings. The number of carbonyl (C=O) groups is 3. The monoisotopic (exact) mass is 382 g/mol. The number of carboxylic acid groups (broad SMARTS) is 1. The number of nitrogens with one attached hydrogen (secondary N) is 1. The van der Waals surface area contributed by atoms with Gasteiger partial charge in [0.05, 0.1) is 12.6 Å². The molecule has 1 aliphatic carbocycles. The molecule has 2 N–H and O–H groups in total. The highest BCUT2D eigenvalue weighted by molar-refractivity contribution is 5.88. The molecule has 0 aromatic heterocycles. The zero-order valence-electron chi connectivity index (χ0n) is 16.6. The van der Waals surface area contributed by atoms with E-state index in [-0.39, 0.29) is 11.9 Å². The predicted octanol–water partition coefficient (Wildman–Crippen LogP) is 2.33. The molecule has 2 fully saturated rings. The Morgan fingerprint density at radius 3 is 2.48 bits per heavy atom. The SMILES string of the molecule is CCOC(=O)[C@H](CCC1CCCCC1)N[C@H](C)C(=O)N1CCCC1C(=O)O. The van der Waals surface area contributed by atoms with E-state index in [1.165, 1.54) is 37.0 Å². The van der Waals surface area contributed by atoms with Gasteiger partial charge in [-0.3, -0.25) is 14.9 Å². The summed E-state index contributed by atoms with van der Waals surface area (Å²) >= 11 is 0. The van der Waals surface area contributed by atoms with E-state index < -0.39 is 24.1 Å². The van der Waals surface area contributed by atoms with Crippen LogP contribution < -0.4 is 5.32 Å². The molecular weight excluding hydrogens is 348 g/mol. The zero-order valence-corrected chi connectivity index (χ0v) is 16.6. The second kappa shape index (κ2) is 10.6. The molecule has 1 amide bonds. The average Bonchev–Trinajstić information content (AvgIpc) is 3.15. The second-order valence-corrected chi connectivity index (χ2v) is 7.80. The number of carbonyl (C=O) groups excluding carboxylic acids is 2. The van der Waals surface area contributed by atoms with Gasteiger partial charge in [0.1, 0.15) is 12.1 Å². The number of aliphatic carboxylic acids is 1. The summed E-state index contributed by atoms with van der Waals surface area (Å²) in [5, 5.41) is 12.4. The Morgan fingerprint density at radius 1 is 1.15 bits per heavy atom. The highest BCUT2D eigenvalue weighted by atomic mass is 16.5. The Balaban J connectivity index is 1.94. The van der Waals surface area contributed by atoms with Crippen molar-refractivity contribution in [2.24, 2.45) is 5.92 Å². The third kappa shape index (κ3) is 6.19. The summed E-state index contributed by atoms with van der Waals surface area (Å²) < 4.78 is 5.19. The van der Waals surface area contributed by atoms with Gasteiger partial charge in [-0.15, -0.1) is 0 Å². The molecule has 3 atom stereocenters. The molecule has 154 valence electrons. The summed E-state index contributed by atoms with van der Waals surface area (Å²) in [6, 6.07) is -1.91. The molecule has 1 saturated heterocycles. The van der Waals surface area contributed by atoms with Crippen molar-refractivity contribution in [3.8, 4) is 0 Å². The fourth-order valence-corrected chi connectivity index (χ4v) is 4.30. The van der Waals surface area contributed by atoms with Crippen LogP contribution in [-0.4, -0.2) is 59.1 Å². The van der Waals surface area contributed by atoms with Gasteiger partial charge in [-0.2, -0.15) is 0 Å². The van der Waals surface area contributed by atoms with Crippen LogP contribution in [-0.2, 0) is 19.1 Å².